The third kappa shape index (κ3) is 10.1. The van der Waals surface area contributed by atoms with Gasteiger partial charge in [0.15, 0.2) is 0 Å². The maximum atomic E-state index is 12.8. The predicted molar refractivity (Wildman–Crippen MR) is 180 cm³/mol. The first-order chi connectivity index (χ1) is 23.0. The second kappa shape index (κ2) is 17.5. The summed E-state index contributed by atoms with van der Waals surface area (Å²) in [7, 11) is 0. The number of nitrogens with one attached hydrogen (secondary N) is 1. The van der Waals surface area contributed by atoms with Gasteiger partial charge in [-0.25, -0.2) is 0 Å². The standard InChI is InChI=1S/C39H44N2O6/c1-29(42)40-37-35(28-45-30(2)43)41(23-31-15-7-3-8-16-31)36(27-44-24-32-17-9-4-10-18-32)38(46-25-33-19-11-5-12-20-33)39(37)47-26-34-21-13-6-14-22-34/h3-22,35-39H,23-28H2,1-2H3,(H,40,42)/t35-,36-,37+,38-,39-/m1/s1. The Morgan fingerprint density at radius 2 is 1.06 bits per heavy atom. The Hall–Kier alpha value is -4.34. The Bertz CT molecular complexity index is 1510. The summed E-state index contributed by atoms with van der Waals surface area (Å²) in [4.78, 5) is 27.3. The van der Waals surface area contributed by atoms with Crippen LogP contribution < -0.4 is 5.32 Å². The molecule has 0 spiro atoms. The number of hydrogen-bond acceptors (Lipinski definition) is 7. The lowest BCUT2D eigenvalue weighted by atomic mass is 9.85. The normalized spacial score (nSPS) is 21.2. The van der Waals surface area contributed by atoms with Gasteiger partial charge in [0.1, 0.15) is 18.8 Å². The van der Waals surface area contributed by atoms with Crippen molar-refractivity contribution < 1.29 is 28.5 Å². The molecule has 0 radical (unpaired) electrons. The van der Waals surface area contributed by atoms with Crippen molar-refractivity contribution in [3.05, 3.63) is 144 Å². The minimum absolute atomic E-state index is 0.0545. The van der Waals surface area contributed by atoms with Gasteiger partial charge in [-0.2, -0.15) is 0 Å². The summed E-state index contributed by atoms with van der Waals surface area (Å²) in [5.74, 6) is -0.608. The smallest absolute Gasteiger partial charge is 0.302 e. The summed E-state index contributed by atoms with van der Waals surface area (Å²) in [6.07, 6.45) is -1.12. The van der Waals surface area contributed by atoms with E-state index < -0.39 is 30.3 Å². The number of amides is 1. The second-order valence-corrected chi connectivity index (χ2v) is 11.8. The van der Waals surface area contributed by atoms with E-state index >= 15 is 0 Å². The Balaban J connectivity index is 1.56. The molecule has 8 heteroatoms. The number of likely N-dealkylation sites (tertiary alicyclic amines) is 1. The SMILES string of the molecule is CC(=O)N[C@@H]1[C@@H](OCc2ccccc2)[C@H](OCc2ccccc2)[C@@H](COCc2ccccc2)N(Cc2ccccc2)[C@@H]1COC(C)=O. The number of carbonyl (C=O) groups is 2. The lowest BCUT2D eigenvalue weighted by Crippen LogP contribution is -2.72. The Kier molecular flexibility index (Phi) is 12.7. The van der Waals surface area contributed by atoms with Gasteiger partial charge >= 0.3 is 5.97 Å². The van der Waals surface area contributed by atoms with E-state index in [0.29, 0.717) is 33.0 Å². The molecule has 0 saturated carbocycles. The first-order valence-corrected chi connectivity index (χ1v) is 16.1. The highest BCUT2D eigenvalue weighted by Gasteiger charge is 2.51. The van der Waals surface area contributed by atoms with E-state index in [-0.39, 0.29) is 18.6 Å². The van der Waals surface area contributed by atoms with Crippen molar-refractivity contribution in [2.24, 2.45) is 0 Å². The van der Waals surface area contributed by atoms with E-state index in [1.165, 1.54) is 13.8 Å². The summed E-state index contributed by atoms with van der Waals surface area (Å²) in [5.41, 5.74) is 4.14. The van der Waals surface area contributed by atoms with E-state index in [2.05, 4.69) is 22.3 Å². The quantitative estimate of drug-likeness (QED) is 0.168. The molecule has 0 aromatic heterocycles. The molecule has 47 heavy (non-hydrogen) atoms. The van der Waals surface area contributed by atoms with E-state index in [4.69, 9.17) is 18.9 Å². The van der Waals surface area contributed by atoms with Gasteiger partial charge in [0.05, 0.1) is 44.6 Å². The van der Waals surface area contributed by atoms with Crippen LogP contribution in [0.3, 0.4) is 0 Å². The number of carbonyl (C=O) groups excluding carboxylic acids is 2. The molecule has 1 fully saturated rings. The van der Waals surface area contributed by atoms with Crippen LogP contribution in [0.25, 0.3) is 0 Å². The zero-order chi connectivity index (χ0) is 32.8. The summed E-state index contributed by atoms with van der Waals surface area (Å²) < 4.78 is 25.7. The highest BCUT2D eigenvalue weighted by atomic mass is 16.6. The molecule has 5 rings (SSSR count). The van der Waals surface area contributed by atoms with Crippen molar-refractivity contribution in [3.63, 3.8) is 0 Å². The van der Waals surface area contributed by atoms with Gasteiger partial charge in [-0.05, 0) is 22.3 Å². The van der Waals surface area contributed by atoms with Gasteiger partial charge in [0, 0.05) is 20.4 Å². The number of piperidine rings is 1. The molecule has 5 atom stereocenters. The minimum Gasteiger partial charge on any atom is -0.464 e. The van der Waals surface area contributed by atoms with Crippen LogP contribution in [0.15, 0.2) is 121 Å². The highest BCUT2D eigenvalue weighted by molar-refractivity contribution is 5.73. The Morgan fingerprint density at radius 1 is 0.596 bits per heavy atom. The Labute approximate surface area is 277 Å². The van der Waals surface area contributed by atoms with Crippen LogP contribution in [-0.4, -0.2) is 60.3 Å². The molecule has 4 aromatic carbocycles. The molecule has 0 aliphatic carbocycles. The molecule has 1 aliphatic heterocycles. The molecule has 1 aliphatic rings. The van der Waals surface area contributed by atoms with Crippen LogP contribution >= 0.6 is 0 Å². The summed E-state index contributed by atoms with van der Waals surface area (Å²) in [6.45, 7) is 4.84. The van der Waals surface area contributed by atoms with Gasteiger partial charge < -0.3 is 24.3 Å². The molecular weight excluding hydrogens is 592 g/mol. The lowest BCUT2D eigenvalue weighted by Gasteiger charge is -2.53. The fourth-order valence-corrected chi connectivity index (χ4v) is 6.13. The maximum absolute atomic E-state index is 12.8. The monoisotopic (exact) mass is 636 g/mol. The number of benzene rings is 4. The van der Waals surface area contributed by atoms with Gasteiger partial charge in [0.2, 0.25) is 5.91 Å². The predicted octanol–water partition coefficient (Wildman–Crippen LogP) is 5.69. The van der Waals surface area contributed by atoms with Crippen LogP contribution in [0.1, 0.15) is 36.1 Å². The lowest BCUT2D eigenvalue weighted by molar-refractivity contribution is -0.194. The number of nitrogens with zero attached hydrogens (tertiary/aromatic N) is 1. The van der Waals surface area contributed by atoms with Crippen LogP contribution in [0, 0.1) is 0 Å². The molecule has 1 amide bonds. The topological polar surface area (TPSA) is 86.3 Å². The van der Waals surface area contributed by atoms with Crippen LogP contribution in [0.2, 0.25) is 0 Å². The van der Waals surface area contributed by atoms with Gasteiger partial charge in [-0.3, -0.25) is 14.5 Å². The molecule has 246 valence electrons. The molecular formula is C39H44N2O6. The number of hydrogen-bond donors (Lipinski definition) is 1. The average Bonchev–Trinajstić information content (AvgIpc) is 3.09. The summed E-state index contributed by atoms with van der Waals surface area (Å²) >= 11 is 0. The van der Waals surface area contributed by atoms with E-state index in [1.807, 2.05) is 109 Å². The van der Waals surface area contributed by atoms with Crippen molar-refractivity contribution in [2.75, 3.05) is 13.2 Å². The molecule has 0 bridgehead atoms. The Morgan fingerprint density at radius 3 is 1.55 bits per heavy atom. The molecule has 1 saturated heterocycles. The van der Waals surface area contributed by atoms with Gasteiger partial charge in [-0.15, -0.1) is 0 Å². The van der Waals surface area contributed by atoms with Gasteiger partial charge in [-0.1, -0.05) is 121 Å². The van der Waals surface area contributed by atoms with Crippen LogP contribution in [0.4, 0.5) is 0 Å². The molecule has 0 unspecified atom stereocenters. The maximum Gasteiger partial charge on any atom is 0.302 e. The third-order valence-corrected chi connectivity index (χ3v) is 8.33. The molecule has 1 N–H and O–H groups in total. The third-order valence-electron chi connectivity index (χ3n) is 8.33. The summed E-state index contributed by atoms with van der Waals surface area (Å²) in [6, 6.07) is 38.8. The highest BCUT2D eigenvalue weighted by Crippen LogP contribution is 2.33. The van der Waals surface area contributed by atoms with E-state index in [1.54, 1.807) is 0 Å². The first-order valence-electron chi connectivity index (χ1n) is 16.1. The fraction of sp³-hybridized carbons (Fsp3) is 0.333. The van der Waals surface area contributed by atoms with Crippen molar-refractivity contribution in [1.29, 1.82) is 0 Å². The van der Waals surface area contributed by atoms with Crippen molar-refractivity contribution in [2.45, 2.75) is 70.5 Å². The fourth-order valence-electron chi connectivity index (χ4n) is 6.13. The number of esters is 1. The van der Waals surface area contributed by atoms with Crippen molar-refractivity contribution in [3.8, 4) is 0 Å². The van der Waals surface area contributed by atoms with Crippen LogP contribution in [0.5, 0.6) is 0 Å². The molecule has 8 nitrogen and oxygen atoms in total. The zero-order valence-electron chi connectivity index (χ0n) is 27.1. The van der Waals surface area contributed by atoms with Gasteiger partial charge in [0.25, 0.3) is 0 Å². The molecule has 1 heterocycles. The average molecular weight is 637 g/mol. The summed E-state index contributed by atoms with van der Waals surface area (Å²) in [5, 5.41) is 3.17. The second-order valence-electron chi connectivity index (χ2n) is 11.8. The van der Waals surface area contributed by atoms with Crippen molar-refractivity contribution >= 4 is 11.9 Å². The van der Waals surface area contributed by atoms with Crippen LogP contribution in [-0.2, 0) is 54.9 Å². The van der Waals surface area contributed by atoms with Crippen molar-refractivity contribution in [1.82, 2.24) is 10.2 Å². The zero-order valence-corrected chi connectivity index (χ0v) is 27.1. The molecule has 4 aromatic rings. The largest absolute Gasteiger partial charge is 0.464 e. The minimum atomic E-state index is -0.597. The first kappa shape index (κ1) is 34.0. The number of ether oxygens (including phenoxy) is 4. The number of rotatable bonds is 15. The van der Waals surface area contributed by atoms with E-state index in [9.17, 15) is 9.59 Å². The van der Waals surface area contributed by atoms with E-state index in [0.717, 1.165) is 22.3 Å².